The van der Waals surface area contributed by atoms with E-state index in [2.05, 4.69) is 0 Å². The Hall–Kier alpha value is -1.67. The lowest BCUT2D eigenvalue weighted by atomic mass is 10.4. The quantitative estimate of drug-likeness (QED) is 0.396. The lowest BCUT2D eigenvalue weighted by molar-refractivity contribution is -0.415. The second-order valence-corrected chi connectivity index (χ2v) is 2.89. The minimum absolute atomic E-state index is 0.433. The van der Waals surface area contributed by atoms with Crippen LogP contribution < -0.4 is 0 Å². The molecule has 4 nitrogen and oxygen atoms in total. The molecule has 5 heteroatoms. The van der Waals surface area contributed by atoms with Crippen LogP contribution in [0.4, 0.5) is 0 Å². The van der Waals surface area contributed by atoms with Gasteiger partial charge in [-0.2, -0.15) is 5.26 Å². The summed E-state index contributed by atoms with van der Waals surface area (Å²) in [6.07, 6.45) is 1.25. The number of thiophene rings is 1. The third kappa shape index (κ3) is 1.90. The van der Waals surface area contributed by atoms with Gasteiger partial charge in [-0.3, -0.25) is 10.1 Å². The molecule has 12 heavy (non-hydrogen) atoms. The molecule has 0 fully saturated rings. The third-order valence-electron chi connectivity index (χ3n) is 1.13. The Balaban J connectivity index is 2.95. The summed E-state index contributed by atoms with van der Waals surface area (Å²) < 4.78 is 0. The molecule has 0 unspecified atom stereocenters. The van der Waals surface area contributed by atoms with Gasteiger partial charge >= 0.3 is 5.70 Å². The highest BCUT2D eigenvalue weighted by atomic mass is 32.1. The molecule has 0 saturated carbocycles. The second kappa shape index (κ2) is 3.64. The standard InChI is InChI=1S/C7H4N2O2S/c8-5-6(9(10)11)4-7-2-1-3-12-7/h1-4H/b6-4+. The largest absolute Gasteiger partial charge is 0.346 e. The molecule has 0 aromatic carbocycles. The summed E-state index contributed by atoms with van der Waals surface area (Å²) in [6, 6.07) is 4.99. The number of rotatable bonds is 2. The SMILES string of the molecule is N#C/C(=C\c1cccs1)[N+](=O)[O-]. The van der Waals surface area contributed by atoms with Crippen LogP contribution in [0.15, 0.2) is 23.2 Å². The van der Waals surface area contributed by atoms with Gasteiger partial charge in [0.05, 0.1) is 4.92 Å². The van der Waals surface area contributed by atoms with Gasteiger partial charge in [0.25, 0.3) is 0 Å². The van der Waals surface area contributed by atoms with E-state index in [0.717, 1.165) is 0 Å². The molecule has 1 heterocycles. The highest BCUT2D eigenvalue weighted by Gasteiger charge is 2.08. The zero-order chi connectivity index (χ0) is 8.97. The molecule has 0 N–H and O–H groups in total. The molecule has 0 atom stereocenters. The van der Waals surface area contributed by atoms with E-state index >= 15 is 0 Å². The second-order valence-electron chi connectivity index (χ2n) is 1.91. The normalized spacial score (nSPS) is 10.8. The number of nitro groups is 1. The van der Waals surface area contributed by atoms with Crippen LogP contribution in [-0.4, -0.2) is 4.92 Å². The van der Waals surface area contributed by atoms with Crippen LogP contribution in [0, 0.1) is 21.4 Å². The van der Waals surface area contributed by atoms with Crippen molar-refractivity contribution in [2.24, 2.45) is 0 Å². The number of nitriles is 1. The first-order valence-electron chi connectivity index (χ1n) is 3.03. The van der Waals surface area contributed by atoms with Crippen LogP contribution in [0.5, 0.6) is 0 Å². The fourth-order valence-electron chi connectivity index (χ4n) is 0.634. The van der Waals surface area contributed by atoms with Gasteiger partial charge in [-0.1, -0.05) is 6.07 Å². The van der Waals surface area contributed by atoms with Crippen LogP contribution in [-0.2, 0) is 0 Å². The molecule has 0 aliphatic carbocycles. The Kier molecular flexibility index (Phi) is 2.56. The first kappa shape index (κ1) is 8.43. The molecular weight excluding hydrogens is 176 g/mol. The first-order chi connectivity index (χ1) is 5.74. The van der Waals surface area contributed by atoms with Crippen molar-refractivity contribution in [2.75, 3.05) is 0 Å². The predicted octanol–water partition coefficient (Wildman–Crippen LogP) is 1.89. The summed E-state index contributed by atoms with van der Waals surface area (Å²) in [5.41, 5.74) is -0.433. The van der Waals surface area contributed by atoms with E-state index < -0.39 is 10.6 Å². The summed E-state index contributed by atoms with van der Waals surface area (Å²) >= 11 is 1.35. The van der Waals surface area contributed by atoms with Gasteiger partial charge in [0.1, 0.15) is 0 Å². The van der Waals surface area contributed by atoms with Gasteiger partial charge in [0, 0.05) is 11.0 Å². The highest BCUT2D eigenvalue weighted by Crippen LogP contribution is 2.12. The van der Waals surface area contributed by atoms with Crippen molar-refractivity contribution in [1.82, 2.24) is 0 Å². The Morgan fingerprint density at radius 3 is 3.00 bits per heavy atom. The molecule has 1 rings (SSSR count). The van der Waals surface area contributed by atoms with E-state index in [0.29, 0.717) is 4.88 Å². The predicted molar refractivity (Wildman–Crippen MR) is 44.9 cm³/mol. The van der Waals surface area contributed by atoms with E-state index in [9.17, 15) is 10.1 Å². The zero-order valence-electron chi connectivity index (χ0n) is 5.93. The van der Waals surface area contributed by atoms with Crippen LogP contribution in [0.3, 0.4) is 0 Å². The van der Waals surface area contributed by atoms with Crippen molar-refractivity contribution in [3.8, 4) is 6.07 Å². The molecule has 0 amide bonds. The van der Waals surface area contributed by atoms with Crippen LogP contribution in [0.2, 0.25) is 0 Å². The van der Waals surface area contributed by atoms with Crippen LogP contribution >= 0.6 is 11.3 Å². The molecular formula is C7H4N2O2S. The topological polar surface area (TPSA) is 66.9 Å². The van der Waals surface area contributed by atoms with Gasteiger partial charge in [-0.05, 0) is 11.4 Å². The van der Waals surface area contributed by atoms with E-state index in [1.807, 2.05) is 0 Å². The van der Waals surface area contributed by atoms with Gasteiger partial charge in [0.2, 0.25) is 0 Å². The summed E-state index contributed by atoms with van der Waals surface area (Å²) in [5.74, 6) is 0. The first-order valence-corrected chi connectivity index (χ1v) is 3.91. The Morgan fingerprint density at radius 2 is 2.58 bits per heavy atom. The smallest absolute Gasteiger partial charge is 0.258 e. The fourth-order valence-corrected chi connectivity index (χ4v) is 1.29. The molecule has 0 aliphatic rings. The van der Waals surface area contributed by atoms with E-state index in [1.165, 1.54) is 23.5 Å². The van der Waals surface area contributed by atoms with E-state index in [-0.39, 0.29) is 0 Å². The third-order valence-corrected chi connectivity index (χ3v) is 1.95. The molecule has 0 bridgehead atoms. The highest BCUT2D eigenvalue weighted by molar-refractivity contribution is 7.10. The summed E-state index contributed by atoms with van der Waals surface area (Å²) in [6.45, 7) is 0. The summed E-state index contributed by atoms with van der Waals surface area (Å²) in [5, 5.41) is 20.3. The molecule has 1 aromatic rings. The average molecular weight is 180 g/mol. The molecule has 0 aliphatic heterocycles. The monoisotopic (exact) mass is 180 g/mol. The van der Waals surface area contributed by atoms with Gasteiger partial charge < -0.3 is 0 Å². The van der Waals surface area contributed by atoms with Crippen molar-refractivity contribution in [2.45, 2.75) is 0 Å². The zero-order valence-corrected chi connectivity index (χ0v) is 6.75. The van der Waals surface area contributed by atoms with Crippen molar-refractivity contribution in [3.63, 3.8) is 0 Å². The lowest BCUT2D eigenvalue weighted by Crippen LogP contribution is -1.94. The maximum Gasteiger partial charge on any atom is 0.346 e. The maximum absolute atomic E-state index is 10.2. The van der Waals surface area contributed by atoms with Crippen molar-refractivity contribution >= 4 is 17.4 Å². The van der Waals surface area contributed by atoms with Crippen molar-refractivity contribution in [1.29, 1.82) is 5.26 Å². The van der Waals surface area contributed by atoms with Crippen LogP contribution in [0.1, 0.15) is 4.88 Å². The Morgan fingerprint density at radius 1 is 1.83 bits per heavy atom. The van der Waals surface area contributed by atoms with Gasteiger partial charge in [-0.25, -0.2) is 0 Å². The average Bonchev–Trinajstić information content (AvgIpc) is 2.51. The fraction of sp³-hybridized carbons (Fsp3) is 0. The molecule has 0 saturated heterocycles. The van der Waals surface area contributed by atoms with E-state index in [4.69, 9.17) is 5.26 Å². The van der Waals surface area contributed by atoms with Gasteiger partial charge in [-0.15, -0.1) is 11.3 Å². The maximum atomic E-state index is 10.2. The number of allylic oxidation sites excluding steroid dienone is 1. The minimum atomic E-state index is -0.695. The number of hydrogen-bond donors (Lipinski definition) is 0. The van der Waals surface area contributed by atoms with Crippen LogP contribution in [0.25, 0.3) is 6.08 Å². The molecule has 0 radical (unpaired) electrons. The Labute approximate surface area is 72.5 Å². The van der Waals surface area contributed by atoms with Crippen molar-refractivity contribution in [3.05, 3.63) is 38.2 Å². The molecule has 0 spiro atoms. The molecule has 1 aromatic heterocycles. The lowest BCUT2D eigenvalue weighted by Gasteiger charge is -1.83. The molecule has 60 valence electrons. The number of nitrogens with zero attached hydrogens (tertiary/aromatic N) is 2. The summed E-state index contributed by atoms with van der Waals surface area (Å²) in [7, 11) is 0. The Bertz CT molecular complexity index is 348. The van der Waals surface area contributed by atoms with E-state index in [1.54, 1.807) is 17.5 Å². The van der Waals surface area contributed by atoms with Crippen molar-refractivity contribution < 1.29 is 4.92 Å². The number of hydrogen-bond acceptors (Lipinski definition) is 4. The minimum Gasteiger partial charge on any atom is -0.258 e. The van der Waals surface area contributed by atoms with Gasteiger partial charge in [0.15, 0.2) is 6.07 Å². The summed E-state index contributed by atoms with van der Waals surface area (Å²) in [4.78, 5) is 10.2.